The predicted octanol–water partition coefficient (Wildman–Crippen LogP) is 4.93. The zero-order chi connectivity index (χ0) is 17.6. The van der Waals surface area contributed by atoms with Gasteiger partial charge in [-0.15, -0.1) is 0 Å². The summed E-state index contributed by atoms with van der Waals surface area (Å²) in [5, 5.41) is 12.4. The number of benzene rings is 3. The van der Waals surface area contributed by atoms with Crippen molar-refractivity contribution in [1.82, 2.24) is 0 Å². The fourth-order valence-electron chi connectivity index (χ4n) is 2.34. The monoisotopic (exact) mass is 337 g/mol. The number of nitrogens with one attached hydrogen (secondary N) is 1. The van der Waals surface area contributed by atoms with E-state index in [2.05, 4.69) is 5.32 Å². The van der Waals surface area contributed by atoms with Gasteiger partial charge in [0.2, 0.25) is 0 Å². The van der Waals surface area contributed by atoms with Crippen molar-refractivity contribution in [3.8, 4) is 11.5 Å². The van der Waals surface area contributed by atoms with Crippen molar-refractivity contribution in [2.75, 3.05) is 5.32 Å². The number of rotatable bonds is 6. The predicted molar refractivity (Wildman–Crippen MR) is 93.6 cm³/mol. The van der Waals surface area contributed by atoms with Crippen LogP contribution in [0.3, 0.4) is 0 Å². The van der Waals surface area contributed by atoms with E-state index in [4.69, 9.17) is 4.74 Å². The highest BCUT2D eigenvalue weighted by Crippen LogP contribution is 2.27. The zero-order valence-electron chi connectivity index (χ0n) is 13.3. The standard InChI is InChI=1S/C20H16FNO3/c21-15-8-6-14(7-9-15)13-22-19-12-17(10-11-18(19)20(23)24)25-16-4-2-1-3-5-16/h1-12,22H,13H2,(H,23,24). The van der Waals surface area contributed by atoms with E-state index in [9.17, 15) is 14.3 Å². The van der Waals surface area contributed by atoms with Gasteiger partial charge in [-0.2, -0.15) is 0 Å². The average molecular weight is 337 g/mol. The van der Waals surface area contributed by atoms with Crippen LogP contribution in [0, 0.1) is 5.82 Å². The third-order valence-corrected chi connectivity index (χ3v) is 3.60. The molecule has 0 aliphatic heterocycles. The third-order valence-electron chi connectivity index (χ3n) is 3.60. The lowest BCUT2D eigenvalue weighted by Gasteiger charge is -2.12. The second-order valence-corrected chi connectivity index (χ2v) is 5.41. The number of hydrogen-bond donors (Lipinski definition) is 2. The van der Waals surface area contributed by atoms with E-state index in [1.807, 2.05) is 30.3 Å². The molecule has 0 atom stereocenters. The molecule has 5 heteroatoms. The minimum Gasteiger partial charge on any atom is -0.478 e. The molecule has 0 fully saturated rings. The molecule has 3 rings (SSSR count). The molecule has 4 nitrogen and oxygen atoms in total. The number of hydrogen-bond acceptors (Lipinski definition) is 3. The molecule has 126 valence electrons. The molecular formula is C20H16FNO3. The van der Waals surface area contributed by atoms with Gasteiger partial charge in [0.1, 0.15) is 17.3 Å². The molecule has 25 heavy (non-hydrogen) atoms. The molecule has 2 N–H and O–H groups in total. The van der Waals surface area contributed by atoms with Crippen molar-refractivity contribution in [2.45, 2.75) is 6.54 Å². The number of ether oxygens (including phenoxy) is 1. The molecular weight excluding hydrogens is 321 g/mol. The molecule has 0 bridgehead atoms. The topological polar surface area (TPSA) is 58.6 Å². The van der Waals surface area contributed by atoms with Gasteiger partial charge in [-0.05, 0) is 42.0 Å². The molecule has 0 aliphatic carbocycles. The Morgan fingerprint density at radius 1 is 0.960 bits per heavy atom. The van der Waals surface area contributed by atoms with Gasteiger partial charge in [0, 0.05) is 12.6 Å². The molecule has 0 heterocycles. The smallest absolute Gasteiger partial charge is 0.337 e. The molecule has 0 aliphatic rings. The average Bonchev–Trinajstić information content (AvgIpc) is 2.62. The van der Waals surface area contributed by atoms with Crippen LogP contribution in [-0.4, -0.2) is 11.1 Å². The summed E-state index contributed by atoms with van der Waals surface area (Å²) < 4.78 is 18.7. The summed E-state index contributed by atoms with van der Waals surface area (Å²) in [6, 6.07) is 20.0. The Bertz CT molecular complexity index is 864. The second kappa shape index (κ2) is 7.49. The van der Waals surface area contributed by atoms with E-state index < -0.39 is 5.97 Å². The maximum atomic E-state index is 13.0. The van der Waals surface area contributed by atoms with E-state index in [-0.39, 0.29) is 11.4 Å². The quantitative estimate of drug-likeness (QED) is 0.670. The maximum absolute atomic E-state index is 13.0. The first kappa shape index (κ1) is 16.5. The molecule has 0 aromatic heterocycles. The van der Waals surface area contributed by atoms with Crippen LogP contribution in [0.2, 0.25) is 0 Å². The van der Waals surface area contributed by atoms with Gasteiger partial charge in [-0.25, -0.2) is 9.18 Å². The summed E-state index contributed by atoms with van der Waals surface area (Å²) in [6.45, 7) is 0.370. The van der Waals surface area contributed by atoms with E-state index in [0.29, 0.717) is 23.7 Å². The van der Waals surface area contributed by atoms with Crippen LogP contribution in [0.1, 0.15) is 15.9 Å². The first-order valence-corrected chi connectivity index (χ1v) is 7.70. The Labute approximate surface area is 144 Å². The maximum Gasteiger partial charge on any atom is 0.337 e. The van der Waals surface area contributed by atoms with E-state index in [1.54, 1.807) is 24.3 Å². The third kappa shape index (κ3) is 4.35. The van der Waals surface area contributed by atoms with Crippen molar-refractivity contribution < 1.29 is 19.0 Å². The Balaban J connectivity index is 1.80. The molecule has 0 spiro atoms. The Morgan fingerprint density at radius 2 is 1.68 bits per heavy atom. The Hall–Kier alpha value is -3.34. The van der Waals surface area contributed by atoms with Crippen LogP contribution in [0.5, 0.6) is 11.5 Å². The highest BCUT2D eigenvalue weighted by atomic mass is 19.1. The summed E-state index contributed by atoms with van der Waals surface area (Å²) >= 11 is 0. The molecule has 0 radical (unpaired) electrons. The van der Waals surface area contributed by atoms with Crippen molar-refractivity contribution >= 4 is 11.7 Å². The molecule has 0 saturated carbocycles. The van der Waals surface area contributed by atoms with Crippen LogP contribution in [0.15, 0.2) is 72.8 Å². The summed E-state index contributed by atoms with van der Waals surface area (Å²) in [5.41, 5.74) is 1.42. The number of carboxylic acids is 1. The van der Waals surface area contributed by atoms with Gasteiger partial charge < -0.3 is 15.2 Å². The number of carbonyl (C=O) groups is 1. The van der Waals surface area contributed by atoms with Crippen molar-refractivity contribution in [2.24, 2.45) is 0 Å². The summed E-state index contributed by atoms with van der Waals surface area (Å²) in [4.78, 5) is 11.4. The highest BCUT2D eigenvalue weighted by Gasteiger charge is 2.11. The summed E-state index contributed by atoms with van der Waals surface area (Å²) in [6.07, 6.45) is 0. The van der Waals surface area contributed by atoms with Gasteiger partial charge in [-0.1, -0.05) is 30.3 Å². The zero-order valence-corrected chi connectivity index (χ0v) is 13.3. The fourth-order valence-corrected chi connectivity index (χ4v) is 2.34. The normalized spacial score (nSPS) is 10.3. The van der Waals surface area contributed by atoms with Gasteiger partial charge in [0.15, 0.2) is 0 Å². The largest absolute Gasteiger partial charge is 0.478 e. The number of aromatic carboxylic acids is 1. The van der Waals surface area contributed by atoms with Crippen LogP contribution in [0.4, 0.5) is 10.1 Å². The van der Waals surface area contributed by atoms with Crippen molar-refractivity contribution in [3.63, 3.8) is 0 Å². The van der Waals surface area contributed by atoms with Gasteiger partial charge in [0.25, 0.3) is 0 Å². The molecule has 0 amide bonds. The minimum absolute atomic E-state index is 0.141. The van der Waals surface area contributed by atoms with Crippen LogP contribution in [-0.2, 0) is 6.54 Å². The fraction of sp³-hybridized carbons (Fsp3) is 0.0500. The lowest BCUT2D eigenvalue weighted by Crippen LogP contribution is -2.06. The molecule has 3 aromatic rings. The van der Waals surface area contributed by atoms with Crippen LogP contribution in [0.25, 0.3) is 0 Å². The SMILES string of the molecule is O=C(O)c1ccc(Oc2ccccc2)cc1NCc1ccc(F)cc1. The number of halogens is 1. The number of para-hydroxylation sites is 1. The number of carboxylic acid groups (broad SMARTS) is 1. The molecule has 3 aromatic carbocycles. The lowest BCUT2D eigenvalue weighted by molar-refractivity contribution is 0.0698. The minimum atomic E-state index is -1.03. The van der Waals surface area contributed by atoms with Gasteiger partial charge in [0.05, 0.1) is 11.3 Å². The van der Waals surface area contributed by atoms with Crippen molar-refractivity contribution in [3.05, 3.63) is 89.7 Å². The molecule has 0 saturated heterocycles. The highest BCUT2D eigenvalue weighted by molar-refractivity contribution is 5.94. The van der Waals surface area contributed by atoms with Crippen LogP contribution >= 0.6 is 0 Å². The second-order valence-electron chi connectivity index (χ2n) is 5.41. The molecule has 0 unspecified atom stereocenters. The van der Waals surface area contributed by atoms with E-state index >= 15 is 0 Å². The first-order chi connectivity index (χ1) is 12.1. The summed E-state index contributed by atoms with van der Waals surface area (Å²) in [7, 11) is 0. The van der Waals surface area contributed by atoms with Gasteiger partial charge >= 0.3 is 5.97 Å². The van der Waals surface area contributed by atoms with Crippen LogP contribution < -0.4 is 10.1 Å². The Kier molecular flexibility index (Phi) is 4.95. The van der Waals surface area contributed by atoms with Gasteiger partial charge in [-0.3, -0.25) is 0 Å². The van der Waals surface area contributed by atoms with Crippen molar-refractivity contribution in [1.29, 1.82) is 0 Å². The number of anilines is 1. The summed E-state index contributed by atoms with van der Waals surface area (Å²) in [5.74, 6) is -0.158. The first-order valence-electron chi connectivity index (χ1n) is 7.70. The van der Waals surface area contributed by atoms with E-state index in [1.165, 1.54) is 18.2 Å². The van der Waals surface area contributed by atoms with E-state index in [0.717, 1.165) is 5.56 Å². The lowest BCUT2D eigenvalue weighted by atomic mass is 10.1. The Morgan fingerprint density at radius 3 is 2.36 bits per heavy atom.